The number of rotatable bonds is 9. The topological polar surface area (TPSA) is 124 Å². The minimum absolute atomic E-state index is 0. The lowest BCUT2D eigenvalue weighted by molar-refractivity contribution is 0.0305. The maximum Gasteiger partial charge on any atom is 0.410 e. The van der Waals surface area contributed by atoms with Gasteiger partial charge in [-0.25, -0.2) is 24.7 Å². The number of ether oxygens (including phenoxy) is 3. The SMILES string of the molecule is C[C@H](CNc1cc(-c2ccc(NCCN(C)C(=O)OC(C)(C)C)nc2)ncn1)c1ccnc2c1OCCO2.S. The zero-order valence-electron chi connectivity index (χ0n) is 23.0. The number of aromatic nitrogens is 4. The summed E-state index contributed by atoms with van der Waals surface area (Å²) in [7, 11) is 1.71. The van der Waals surface area contributed by atoms with Crippen LogP contribution in [0.1, 0.15) is 39.2 Å². The Labute approximate surface area is 236 Å². The van der Waals surface area contributed by atoms with Crippen molar-refractivity contribution in [3.8, 4) is 22.9 Å². The maximum absolute atomic E-state index is 12.1. The average Bonchev–Trinajstić information content (AvgIpc) is 2.91. The molecule has 3 aromatic heterocycles. The van der Waals surface area contributed by atoms with E-state index in [1.165, 1.54) is 11.2 Å². The molecule has 2 N–H and O–H groups in total. The largest absolute Gasteiger partial charge is 0.484 e. The molecule has 0 unspecified atom stereocenters. The second kappa shape index (κ2) is 13.3. The second-order valence-electron chi connectivity index (χ2n) is 10.1. The minimum atomic E-state index is -0.520. The molecule has 1 aliphatic rings. The fourth-order valence-corrected chi connectivity index (χ4v) is 3.77. The number of fused-ring (bicyclic) bond motifs is 1. The number of likely N-dealkylation sites (N-methyl/N-ethyl adjacent to an activating group) is 1. The van der Waals surface area contributed by atoms with Crippen LogP contribution in [0.2, 0.25) is 0 Å². The lowest BCUT2D eigenvalue weighted by Crippen LogP contribution is -2.36. The average molecular weight is 556 g/mol. The van der Waals surface area contributed by atoms with Gasteiger partial charge in [0.2, 0.25) is 0 Å². The molecule has 0 aromatic carbocycles. The molecule has 210 valence electrons. The molecule has 11 nitrogen and oxygen atoms in total. The Morgan fingerprint density at radius 3 is 2.62 bits per heavy atom. The number of pyridine rings is 2. The Kier molecular flexibility index (Phi) is 10.2. The molecule has 0 spiro atoms. The molecular formula is C27H37N7O4S. The van der Waals surface area contributed by atoms with E-state index in [1.54, 1.807) is 19.4 Å². The Balaban J connectivity index is 0.00000420. The van der Waals surface area contributed by atoms with Gasteiger partial charge in [-0.15, -0.1) is 0 Å². The van der Waals surface area contributed by atoms with Crippen molar-refractivity contribution < 1.29 is 19.0 Å². The highest BCUT2D eigenvalue weighted by atomic mass is 32.1. The van der Waals surface area contributed by atoms with Crippen LogP contribution in [0, 0.1) is 0 Å². The third-order valence-corrected chi connectivity index (χ3v) is 5.78. The van der Waals surface area contributed by atoms with Crippen molar-refractivity contribution >= 4 is 31.2 Å². The predicted octanol–water partition coefficient (Wildman–Crippen LogP) is 4.31. The first kappa shape index (κ1) is 29.8. The van der Waals surface area contributed by atoms with Crippen LogP contribution in [-0.4, -0.2) is 76.4 Å². The van der Waals surface area contributed by atoms with Gasteiger partial charge in [0.25, 0.3) is 5.88 Å². The van der Waals surface area contributed by atoms with Crippen LogP contribution in [0.15, 0.2) is 43.0 Å². The number of nitrogens with zero attached hydrogens (tertiary/aromatic N) is 5. The molecule has 0 saturated carbocycles. The quantitative estimate of drug-likeness (QED) is 0.395. The van der Waals surface area contributed by atoms with Crippen LogP contribution in [-0.2, 0) is 4.74 Å². The molecule has 1 amide bonds. The van der Waals surface area contributed by atoms with Gasteiger partial charge in [0.1, 0.15) is 36.8 Å². The first-order valence-corrected chi connectivity index (χ1v) is 12.6. The Morgan fingerprint density at radius 2 is 1.87 bits per heavy atom. The molecule has 1 aliphatic heterocycles. The summed E-state index contributed by atoms with van der Waals surface area (Å²) in [5.41, 5.74) is 2.15. The van der Waals surface area contributed by atoms with Crippen molar-refractivity contribution in [2.24, 2.45) is 0 Å². The van der Waals surface area contributed by atoms with Crippen LogP contribution in [0.25, 0.3) is 11.3 Å². The monoisotopic (exact) mass is 555 g/mol. The maximum atomic E-state index is 12.1. The first-order chi connectivity index (χ1) is 18.2. The van der Waals surface area contributed by atoms with Crippen LogP contribution >= 0.6 is 13.5 Å². The molecule has 12 heteroatoms. The van der Waals surface area contributed by atoms with Crippen molar-refractivity contribution in [3.05, 3.63) is 48.5 Å². The van der Waals surface area contributed by atoms with Gasteiger partial charge in [-0.2, -0.15) is 13.5 Å². The molecule has 0 saturated heterocycles. The predicted molar refractivity (Wildman–Crippen MR) is 155 cm³/mol. The Hall–Kier alpha value is -3.80. The standard InChI is InChI=1S/C27H35N7O4.H2S/c1-18(20-8-9-29-25-24(20)36-12-13-37-25)15-30-23-14-21(32-17-33-23)19-6-7-22(31-16-19)28-10-11-34(5)26(35)38-27(2,3)4;/h6-9,14,16-18H,10-13,15H2,1-5H3,(H,28,31)(H,30,32,33);1H2/t18-;/m1./s1. The van der Waals surface area contributed by atoms with Crippen LogP contribution < -0.4 is 20.1 Å². The van der Waals surface area contributed by atoms with Gasteiger partial charge in [0.15, 0.2) is 5.75 Å². The van der Waals surface area contributed by atoms with Gasteiger partial charge in [-0.3, -0.25) is 0 Å². The molecule has 39 heavy (non-hydrogen) atoms. The third kappa shape index (κ3) is 8.34. The molecule has 0 aliphatic carbocycles. The number of carbonyl (C=O) groups excluding carboxylic acids is 1. The molecule has 4 heterocycles. The van der Waals surface area contributed by atoms with E-state index in [0.717, 1.165) is 16.8 Å². The molecule has 0 fully saturated rings. The van der Waals surface area contributed by atoms with Gasteiger partial charge in [0, 0.05) is 62.2 Å². The van der Waals surface area contributed by atoms with Crippen molar-refractivity contribution in [1.82, 2.24) is 24.8 Å². The van der Waals surface area contributed by atoms with Crippen molar-refractivity contribution in [3.63, 3.8) is 0 Å². The van der Waals surface area contributed by atoms with Crippen molar-refractivity contribution in [2.45, 2.75) is 39.2 Å². The summed E-state index contributed by atoms with van der Waals surface area (Å²) in [6.07, 6.45) is 4.68. The van der Waals surface area contributed by atoms with Crippen molar-refractivity contribution in [1.29, 1.82) is 0 Å². The Bertz CT molecular complexity index is 1240. The first-order valence-electron chi connectivity index (χ1n) is 12.6. The van der Waals surface area contributed by atoms with Gasteiger partial charge in [-0.1, -0.05) is 6.92 Å². The van der Waals surface area contributed by atoms with Crippen molar-refractivity contribution in [2.75, 3.05) is 50.5 Å². The zero-order valence-corrected chi connectivity index (χ0v) is 24.0. The van der Waals surface area contributed by atoms with E-state index in [-0.39, 0.29) is 25.5 Å². The van der Waals surface area contributed by atoms with Gasteiger partial charge >= 0.3 is 6.09 Å². The molecule has 4 rings (SSSR count). The summed E-state index contributed by atoms with van der Waals surface area (Å²) in [6, 6.07) is 7.69. The summed E-state index contributed by atoms with van der Waals surface area (Å²) in [5, 5.41) is 6.61. The highest BCUT2D eigenvalue weighted by Gasteiger charge is 2.21. The van der Waals surface area contributed by atoms with Crippen LogP contribution in [0.3, 0.4) is 0 Å². The fourth-order valence-electron chi connectivity index (χ4n) is 3.77. The second-order valence-corrected chi connectivity index (χ2v) is 10.1. The normalized spacial score (nSPS) is 13.1. The molecule has 1 atom stereocenters. The van der Waals surface area contributed by atoms with Gasteiger partial charge < -0.3 is 29.7 Å². The number of hydrogen-bond acceptors (Lipinski definition) is 10. The molecule has 3 aromatic rings. The van der Waals surface area contributed by atoms with E-state index in [4.69, 9.17) is 14.2 Å². The smallest absolute Gasteiger partial charge is 0.410 e. The summed E-state index contributed by atoms with van der Waals surface area (Å²) < 4.78 is 16.8. The van der Waals surface area contributed by atoms with E-state index < -0.39 is 5.60 Å². The molecular weight excluding hydrogens is 518 g/mol. The summed E-state index contributed by atoms with van der Waals surface area (Å²) in [6.45, 7) is 10.4. The van der Waals surface area contributed by atoms with Gasteiger partial charge in [-0.05, 0) is 39.0 Å². The number of nitrogens with one attached hydrogen (secondary N) is 2. The summed E-state index contributed by atoms with van der Waals surface area (Å²) in [4.78, 5) is 31.1. The van der Waals surface area contributed by atoms with Crippen LogP contribution in [0.5, 0.6) is 11.6 Å². The van der Waals surface area contributed by atoms with E-state index in [2.05, 4.69) is 37.5 Å². The highest BCUT2D eigenvalue weighted by Crippen LogP contribution is 2.35. The lowest BCUT2D eigenvalue weighted by atomic mass is 10.0. The van der Waals surface area contributed by atoms with E-state index in [9.17, 15) is 4.79 Å². The summed E-state index contributed by atoms with van der Waals surface area (Å²) >= 11 is 0. The zero-order chi connectivity index (χ0) is 27.1. The van der Waals surface area contributed by atoms with E-state index >= 15 is 0 Å². The number of hydrogen-bond donors (Lipinski definition) is 2. The highest BCUT2D eigenvalue weighted by molar-refractivity contribution is 7.59. The third-order valence-electron chi connectivity index (χ3n) is 5.78. The number of anilines is 2. The number of carbonyl (C=O) groups is 1. The molecule has 0 bridgehead atoms. The fraction of sp³-hybridized carbons (Fsp3) is 0.444. The van der Waals surface area contributed by atoms with E-state index in [0.29, 0.717) is 56.1 Å². The lowest BCUT2D eigenvalue weighted by Gasteiger charge is -2.24. The minimum Gasteiger partial charge on any atom is -0.484 e. The Morgan fingerprint density at radius 1 is 1.08 bits per heavy atom. The summed E-state index contributed by atoms with van der Waals surface area (Å²) in [5.74, 6) is 2.83. The molecule has 0 radical (unpaired) electrons. The van der Waals surface area contributed by atoms with E-state index in [1.807, 2.05) is 45.0 Å². The van der Waals surface area contributed by atoms with Gasteiger partial charge in [0.05, 0.1) is 5.69 Å². The van der Waals surface area contributed by atoms with Crippen LogP contribution in [0.4, 0.5) is 16.4 Å². The number of amides is 1.